The predicted octanol–water partition coefficient (Wildman–Crippen LogP) is 1.54. The van der Waals surface area contributed by atoms with Crippen LogP contribution in [-0.2, 0) is 23.0 Å². The van der Waals surface area contributed by atoms with Gasteiger partial charge in [-0.05, 0) is 34.9 Å². The third kappa shape index (κ3) is 4.48. The van der Waals surface area contributed by atoms with Crippen molar-refractivity contribution in [1.29, 1.82) is 0 Å². The van der Waals surface area contributed by atoms with Crippen molar-refractivity contribution in [2.75, 3.05) is 5.32 Å². The maximum absolute atomic E-state index is 11.2. The van der Waals surface area contributed by atoms with Gasteiger partial charge in [0.1, 0.15) is 13.2 Å². The normalized spacial score (nSPS) is 10.6. The van der Waals surface area contributed by atoms with Gasteiger partial charge >= 0.3 is 5.69 Å². The molecule has 2 rings (SSSR count). The summed E-state index contributed by atoms with van der Waals surface area (Å²) in [5, 5.41) is 19.7. The molecular weight excluding hydrogens is 304 g/mol. The van der Waals surface area contributed by atoms with Crippen LogP contribution in [0.4, 0.5) is 11.6 Å². The molecule has 9 nitrogen and oxygen atoms in total. The number of benzene rings is 1. The van der Waals surface area contributed by atoms with E-state index < -0.39 is 5.69 Å². The van der Waals surface area contributed by atoms with Gasteiger partial charge in [0.15, 0.2) is 0 Å². The molecule has 0 amide bonds. The third-order valence-electron chi connectivity index (χ3n) is 2.39. The molecule has 1 aromatic heterocycles. The molecule has 0 spiro atoms. The smallest absolute Gasteiger partial charge is 0.324 e. The van der Waals surface area contributed by atoms with E-state index in [9.17, 15) is 4.79 Å². The lowest BCUT2D eigenvalue weighted by atomic mass is 10.1. The highest BCUT2D eigenvalue weighted by Gasteiger charge is 2.06. The summed E-state index contributed by atoms with van der Waals surface area (Å²) in [5.41, 5.74) is 1.06. The van der Waals surface area contributed by atoms with Gasteiger partial charge in [-0.15, -0.1) is 0 Å². The molecule has 1 aromatic carbocycles. The molecule has 0 radical (unpaired) electrons. The molecule has 112 valence electrons. The zero-order valence-corrected chi connectivity index (χ0v) is 11.3. The first-order chi connectivity index (χ1) is 10.1. The van der Waals surface area contributed by atoms with Gasteiger partial charge in [-0.2, -0.15) is 9.97 Å². The van der Waals surface area contributed by atoms with Gasteiger partial charge < -0.3 is 5.32 Å². The van der Waals surface area contributed by atoms with Crippen molar-refractivity contribution in [3.63, 3.8) is 0 Å². The van der Waals surface area contributed by atoms with Crippen LogP contribution in [-0.4, -0.2) is 25.5 Å². The molecule has 0 saturated carbocycles. The van der Waals surface area contributed by atoms with Crippen molar-refractivity contribution in [2.45, 2.75) is 13.2 Å². The van der Waals surface area contributed by atoms with Crippen molar-refractivity contribution < 1.29 is 20.3 Å². The van der Waals surface area contributed by atoms with E-state index >= 15 is 0 Å². The Kier molecular flexibility index (Phi) is 5.20. The summed E-state index contributed by atoms with van der Waals surface area (Å²) in [6.45, 7) is -0.129. The number of aromatic amines is 1. The van der Waals surface area contributed by atoms with E-state index in [1.54, 1.807) is 18.2 Å². The molecule has 2 aromatic rings. The van der Waals surface area contributed by atoms with Crippen molar-refractivity contribution in [2.24, 2.45) is 0 Å². The van der Waals surface area contributed by atoms with E-state index in [4.69, 9.17) is 22.1 Å². The summed E-state index contributed by atoms with van der Waals surface area (Å²) < 4.78 is 0. The summed E-state index contributed by atoms with van der Waals surface area (Å²) in [6, 6.07) is 4.92. The van der Waals surface area contributed by atoms with Crippen LogP contribution in [0, 0.1) is 0 Å². The number of hydrogen-bond donors (Lipinski definition) is 4. The van der Waals surface area contributed by atoms with Crippen molar-refractivity contribution in [3.05, 3.63) is 45.1 Å². The van der Waals surface area contributed by atoms with Crippen molar-refractivity contribution in [1.82, 2.24) is 15.0 Å². The molecule has 0 unspecified atom stereocenters. The number of H-pyrrole nitrogens is 1. The van der Waals surface area contributed by atoms with Gasteiger partial charge in [0.2, 0.25) is 11.2 Å². The molecule has 21 heavy (non-hydrogen) atoms. The minimum absolute atomic E-state index is 0.00156. The van der Waals surface area contributed by atoms with Gasteiger partial charge in [-0.25, -0.2) is 14.6 Å². The molecule has 0 bridgehead atoms. The fraction of sp³-hybridized carbons (Fsp3) is 0.182. The summed E-state index contributed by atoms with van der Waals surface area (Å²) in [5.74, 6) is 0.00156. The van der Waals surface area contributed by atoms with Crippen LogP contribution in [0.3, 0.4) is 0 Å². The SMILES string of the molecule is O=c1nc(Nc2cc(COO)cc(COO)c2)nc(Cl)[nH]1. The number of hydrogen-bond acceptors (Lipinski definition) is 8. The number of anilines is 2. The lowest BCUT2D eigenvalue weighted by Crippen LogP contribution is -2.14. The molecule has 10 heteroatoms. The Balaban J connectivity index is 2.31. The van der Waals surface area contributed by atoms with Crippen LogP contribution in [0.15, 0.2) is 23.0 Å². The second kappa shape index (κ2) is 7.11. The molecule has 0 fully saturated rings. The summed E-state index contributed by atoms with van der Waals surface area (Å²) in [6.07, 6.45) is 0. The predicted molar refractivity (Wildman–Crippen MR) is 72.2 cm³/mol. The van der Waals surface area contributed by atoms with Crippen LogP contribution in [0.1, 0.15) is 11.1 Å². The Hall–Kier alpha value is -2.04. The lowest BCUT2D eigenvalue weighted by Gasteiger charge is -2.09. The zero-order valence-electron chi connectivity index (χ0n) is 10.5. The van der Waals surface area contributed by atoms with Crippen LogP contribution in [0.25, 0.3) is 0 Å². The van der Waals surface area contributed by atoms with Crippen LogP contribution in [0.2, 0.25) is 5.28 Å². The second-order valence-electron chi connectivity index (χ2n) is 3.98. The van der Waals surface area contributed by atoms with Crippen molar-refractivity contribution >= 4 is 23.2 Å². The van der Waals surface area contributed by atoms with Crippen LogP contribution in [0.5, 0.6) is 0 Å². The highest BCUT2D eigenvalue weighted by Crippen LogP contribution is 2.19. The average molecular weight is 315 g/mol. The van der Waals surface area contributed by atoms with E-state index in [1.165, 1.54) is 0 Å². The fourth-order valence-electron chi connectivity index (χ4n) is 1.69. The highest BCUT2D eigenvalue weighted by molar-refractivity contribution is 6.28. The Bertz CT molecular complexity index is 654. The maximum atomic E-state index is 11.2. The quantitative estimate of drug-likeness (QED) is 0.466. The van der Waals surface area contributed by atoms with Crippen molar-refractivity contribution in [3.8, 4) is 0 Å². The Morgan fingerprint density at radius 1 is 1.14 bits per heavy atom. The molecule has 1 heterocycles. The maximum Gasteiger partial charge on any atom is 0.350 e. The standard InChI is InChI=1S/C11H11ClN4O5/c12-9-14-10(16-11(17)15-9)13-8-2-6(4-20-18)1-7(3-8)5-21-19/h1-3,18-19H,4-5H2,(H2,13,14,15,16,17). The monoisotopic (exact) mass is 314 g/mol. The average Bonchev–Trinajstić information content (AvgIpc) is 2.37. The van der Waals surface area contributed by atoms with Gasteiger partial charge in [-0.3, -0.25) is 15.5 Å². The van der Waals surface area contributed by atoms with Gasteiger partial charge in [0.05, 0.1) is 0 Å². The first kappa shape index (κ1) is 15.4. The molecule has 0 aliphatic heterocycles. The number of rotatable bonds is 6. The Morgan fingerprint density at radius 3 is 2.29 bits per heavy atom. The van der Waals surface area contributed by atoms with Gasteiger partial charge in [0, 0.05) is 5.69 Å². The molecule has 0 aliphatic rings. The lowest BCUT2D eigenvalue weighted by molar-refractivity contribution is -0.254. The Morgan fingerprint density at radius 2 is 1.76 bits per heavy atom. The summed E-state index contributed by atoms with van der Waals surface area (Å²) in [4.78, 5) is 28.9. The molecule has 0 saturated heterocycles. The first-order valence-electron chi connectivity index (χ1n) is 5.67. The fourth-order valence-corrected chi connectivity index (χ4v) is 1.85. The van der Waals surface area contributed by atoms with Crippen LogP contribution < -0.4 is 11.0 Å². The number of aromatic nitrogens is 3. The molecule has 4 N–H and O–H groups in total. The molecule has 0 aliphatic carbocycles. The number of halogens is 1. The van der Waals surface area contributed by atoms with Gasteiger partial charge in [-0.1, -0.05) is 6.07 Å². The molecule has 0 atom stereocenters. The van der Waals surface area contributed by atoms with E-state index in [1.807, 2.05) is 0 Å². The van der Waals surface area contributed by atoms with Crippen LogP contribution >= 0.6 is 11.6 Å². The molecular formula is C11H11ClN4O5. The largest absolute Gasteiger partial charge is 0.350 e. The Labute approximate surface area is 123 Å². The van der Waals surface area contributed by atoms with E-state index in [-0.39, 0.29) is 24.4 Å². The summed E-state index contributed by atoms with van der Waals surface area (Å²) >= 11 is 5.63. The summed E-state index contributed by atoms with van der Waals surface area (Å²) in [7, 11) is 0. The minimum atomic E-state index is -0.647. The topological polar surface area (TPSA) is 130 Å². The highest BCUT2D eigenvalue weighted by atomic mass is 35.5. The number of nitrogens with zero attached hydrogens (tertiary/aromatic N) is 2. The van der Waals surface area contributed by atoms with E-state index in [0.29, 0.717) is 16.8 Å². The zero-order chi connectivity index (χ0) is 15.2. The number of nitrogens with one attached hydrogen (secondary N) is 2. The first-order valence-corrected chi connectivity index (χ1v) is 6.05. The van der Waals surface area contributed by atoms with E-state index in [2.05, 4.69) is 30.0 Å². The third-order valence-corrected chi connectivity index (χ3v) is 2.57. The minimum Gasteiger partial charge on any atom is -0.324 e. The van der Waals surface area contributed by atoms with Gasteiger partial charge in [0.25, 0.3) is 0 Å². The second-order valence-corrected chi connectivity index (χ2v) is 4.34. The van der Waals surface area contributed by atoms with E-state index in [0.717, 1.165) is 0 Å².